The minimum Gasteiger partial charge on any atom is -0.353 e. The Kier molecular flexibility index (Phi) is 2.41. The molecule has 1 heterocycles. The van der Waals surface area contributed by atoms with E-state index < -0.39 is 5.68 Å². The highest BCUT2D eigenvalue weighted by atomic mass is 16.1. The average Bonchev–Trinajstić information content (AvgIpc) is 2.68. The van der Waals surface area contributed by atoms with Gasteiger partial charge in [0.05, 0.1) is 5.69 Å². The fraction of sp³-hybridized carbons (Fsp3) is 0.308. The van der Waals surface area contributed by atoms with Gasteiger partial charge in [0, 0.05) is 10.9 Å². The molecule has 1 N–H and O–H groups in total. The number of aromatic nitrogens is 1. The number of rotatable bonds is 1. The van der Waals surface area contributed by atoms with Gasteiger partial charge in [-0.25, -0.2) is 0 Å². The quantitative estimate of drug-likeness (QED) is 0.722. The van der Waals surface area contributed by atoms with Crippen LogP contribution >= 0.6 is 0 Å². The van der Waals surface area contributed by atoms with Crippen molar-refractivity contribution in [1.82, 2.24) is 4.98 Å². The van der Waals surface area contributed by atoms with E-state index in [-0.39, 0.29) is 0 Å². The number of carbonyl (C=O) groups excluding carboxylic acids is 1. The van der Waals surface area contributed by atoms with Crippen molar-refractivity contribution in [3.63, 3.8) is 0 Å². The third-order valence-electron chi connectivity index (χ3n) is 3.55. The summed E-state index contributed by atoms with van der Waals surface area (Å²) in [6.07, 6.45) is 0. The van der Waals surface area contributed by atoms with Gasteiger partial charge >= 0.3 is 0 Å². The van der Waals surface area contributed by atoms with Gasteiger partial charge in [-0.05, 0) is 56.0 Å². The lowest BCUT2D eigenvalue weighted by atomic mass is 9.95. The van der Waals surface area contributed by atoms with Gasteiger partial charge < -0.3 is 9.78 Å². The SMILES string of the molecule is [B]C(=O)c1cc2c(C)c(C)c(C)c(C)c2[nH]1. The van der Waals surface area contributed by atoms with E-state index in [9.17, 15) is 4.79 Å². The molecule has 0 aliphatic rings. The number of aryl methyl sites for hydroxylation is 2. The normalized spacial score (nSPS) is 11.0. The van der Waals surface area contributed by atoms with E-state index in [4.69, 9.17) is 7.85 Å². The Morgan fingerprint density at radius 2 is 1.62 bits per heavy atom. The summed E-state index contributed by atoms with van der Waals surface area (Å²) < 4.78 is 0. The highest BCUT2D eigenvalue weighted by Crippen LogP contribution is 2.29. The van der Waals surface area contributed by atoms with Crippen molar-refractivity contribution in [2.24, 2.45) is 0 Å². The average molecular weight is 211 g/mol. The van der Waals surface area contributed by atoms with Gasteiger partial charge in [-0.1, -0.05) is 0 Å². The van der Waals surface area contributed by atoms with Crippen LogP contribution in [-0.2, 0) is 0 Å². The molecule has 0 aliphatic heterocycles. The number of carbonyl (C=O) groups is 1. The standard InChI is InChI=1S/C13H14BNO/c1-6-7(2)9(4)12-10(8(6)3)5-11(15-12)13(14)16/h5,15H,1-4H3. The monoisotopic (exact) mass is 211 g/mol. The third kappa shape index (κ3) is 1.39. The van der Waals surface area contributed by atoms with Gasteiger partial charge in [0.1, 0.15) is 5.68 Å². The molecule has 2 rings (SSSR count). The zero-order valence-electron chi connectivity index (χ0n) is 10.1. The molecule has 0 spiro atoms. The molecule has 80 valence electrons. The number of hydrogen-bond acceptors (Lipinski definition) is 1. The first-order valence-electron chi connectivity index (χ1n) is 5.32. The largest absolute Gasteiger partial charge is 0.353 e. The van der Waals surface area contributed by atoms with E-state index in [0.29, 0.717) is 5.69 Å². The summed E-state index contributed by atoms with van der Waals surface area (Å²) in [5.74, 6) is 0. The first-order valence-corrected chi connectivity index (χ1v) is 5.32. The van der Waals surface area contributed by atoms with Crippen LogP contribution in [0.2, 0.25) is 0 Å². The molecule has 2 radical (unpaired) electrons. The molecule has 0 fully saturated rings. The predicted molar refractivity (Wildman–Crippen MR) is 67.3 cm³/mol. The van der Waals surface area contributed by atoms with Crippen LogP contribution in [0, 0.1) is 27.7 Å². The fourth-order valence-electron chi connectivity index (χ4n) is 2.13. The summed E-state index contributed by atoms with van der Waals surface area (Å²) in [5.41, 5.74) is 6.03. The van der Waals surface area contributed by atoms with Crippen molar-refractivity contribution in [2.45, 2.75) is 27.7 Å². The molecule has 0 aliphatic carbocycles. The number of fused-ring (bicyclic) bond motifs is 1. The second kappa shape index (κ2) is 3.51. The summed E-state index contributed by atoms with van der Waals surface area (Å²) in [6.45, 7) is 8.34. The summed E-state index contributed by atoms with van der Waals surface area (Å²) in [5, 5.41) is 1.09. The Morgan fingerprint density at radius 1 is 1.06 bits per heavy atom. The topological polar surface area (TPSA) is 32.9 Å². The minimum atomic E-state index is -0.412. The summed E-state index contributed by atoms with van der Waals surface area (Å²) in [4.78, 5) is 14.3. The van der Waals surface area contributed by atoms with Crippen LogP contribution in [0.4, 0.5) is 0 Å². The van der Waals surface area contributed by atoms with Crippen molar-refractivity contribution in [3.05, 3.63) is 34.0 Å². The first-order chi connectivity index (χ1) is 7.43. The van der Waals surface area contributed by atoms with E-state index in [1.54, 1.807) is 0 Å². The smallest absolute Gasteiger partial charge is 0.177 e. The van der Waals surface area contributed by atoms with Gasteiger partial charge in [0.25, 0.3) is 0 Å². The lowest BCUT2D eigenvalue weighted by molar-refractivity contribution is 0.107. The maximum absolute atomic E-state index is 11.2. The van der Waals surface area contributed by atoms with E-state index in [2.05, 4.69) is 32.7 Å². The van der Waals surface area contributed by atoms with Crippen LogP contribution in [0.1, 0.15) is 32.7 Å². The fourth-order valence-corrected chi connectivity index (χ4v) is 2.13. The van der Waals surface area contributed by atoms with Crippen LogP contribution < -0.4 is 0 Å². The van der Waals surface area contributed by atoms with E-state index in [0.717, 1.165) is 10.9 Å². The lowest BCUT2D eigenvalue weighted by Gasteiger charge is -2.10. The zero-order chi connectivity index (χ0) is 12.0. The van der Waals surface area contributed by atoms with Crippen molar-refractivity contribution in [3.8, 4) is 0 Å². The van der Waals surface area contributed by atoms with Crippen molar-refractivity contribution < 1.29 is 4.79 Å². The number of aromatic amines is 1. The van der Waals surface area contributed by atoms with Crippen LogP contribution in [0.25, 0.3) is 10.9 Å². The Balaban J connectivity index is 2.92. The number of benzene rings is 1. The lowest BCUT2D eigenvalue weighted by Crippen LogP contribution is -1.96. The number of H-pyrrole nitrogens is 1. The van der Waals surface area contributed by atoms with Gasteiger partial charge in [-0.3, -0.25) is 0 Å². The van der Waals surface area contributed by atoms with Gasteiger partial charge in [-0.15, -0.1) is 0 Å². The predicted octanol–water partition coefficient (Wildman–Crippen LogP) is 2.71. The molecule has 0 saturated heterocycles. The summed E-state index contributed by atoms with van der Waals surface area (Å²) in [6, 6.07) is 1.84. The summed E-state index contributed by atoms with van der Waals surface area (Å²) >= 11 is 0. The molecular weight excluding hydrogens is 197 g/mol. The third-order valence-corrected chi connectivity index (χ3v) is 3.55. The molecule has 16 heavy (non-hydrogen) atoms. The Labute approximate surface area is 96.5 Å². The molecule has 3 heteroatoms. The van der Waals surface area contributed by atoms with E-state index in [1.807, 2.05) is 6.07 Å². The van der Waals surface area contributed by atoms with Gasteiger partial charge in [0.15, 0.2) is 7.85 Å². The molecule has 2 aromatic rings. The zero-order valence-corrected chi connectivity index (χ0v) is 10.1. The van der Waals surface area contributed by atoms with Gasteiger partial charge in [-0.2, -0.15) is 0 Å². The molecule has 0 atom stereocenters. The van der Waals surface area contributed by atoms with Crippen molar-refractivity contribution in [1.29, 1.82) is 0 Å². The minimum absolute atomic E-state index is 0.412. The maximum atomic E-state index is 11.2. The maximum Gasteiger partial charge on any atom is 0.177 e. The highest BCUT2D eigenvalue weighted by Gasteiger charge is 2.12. The molecule has 1 aromatic carbocycles. The Bertz CT molecular complexity index is 551. The van der Waals surface area contributed by atoms with Gasteiger partial charge in [0.2, 0.25) is 0 Å². The Morgan fingerprint density at radius 3 is 2.19 bits per heavy atom. The molecule has 2 nitrogen and oxygen atoms in total. The van der Waals surface area contributed by atoms with Crippen LogP contribution in [0.15, 0.2) is 6.07 Å². The summed E-state index contributed by atoms with van der Waals surface area (Å²) in [7, 11) is 5.28. The van der Waals surface area contributed by atoms with Crippen LogP contribution in [0.3, 0.4) is 0 Å². The molecule has 1 aromatic heterocycles. The van der Waals surface area contributed by atoms with E-state index in [1.165, 1.54) is 22.3 Å². The first kappa shape index (κ1) is 11.0. The second-order valence-electron chi connectivity index (χ2n) is 4.34. The molecule has 0 saturated carbocycles. The molecule has 0 unspecified atom stereocenters. The number of nitrogens with one attached hydrogen (secondary N) is 1. The molecular formula is C13H14BNO. The van der Waals surface area contributed by atoms with Crippen LogP contribution in [-0.4, -0.2) is 18.5 Å². The van der Waals surface area contributed by atoms with Crippen molar-refractivity contribution in [2.75, 3.05) is 0 Å². The highest BCUT2D eigenvalue weighted by molar-refractivity contribution is 6.62. The Hall–Kier alpha value is -1.51. The molecule has 0 amide bonds. The molecule has 0 bridgehead atoms. The van der Waals surface area contributed by atoms with Crippen LogP contribution in [0.5, 0.6) is 0 Å². The van der Waals surface area contributed by atoms with Crippen molar-refractivity contribution >= 4 is 24.4 Å². The second-order valence-corrected chi connectivity index (χ2v) is 4.34. The number of hydrogen-bond donors (Lipinski definition) is 1. The van der Waals surface area contributed by atoms with E-state index >= 15 is 0 Å².